The molecule has 1 aromatic carbocycles. The Morgan fingerprint density at radius 3 is 2.79 bits per heavy atom. The summed E-state index contributed by atoms with van der Waals surface area (Å²) in [6, 6.07) is 7.91. The third-order valence-electron chi connectivity index (χ3n) is 3.54. The molecule has 0 spiro atoms. The monoisotopic (exact) mass is 394 g/mol. The van der Waals surface area contributed by atoms with E-state index in [1.54, 1.807) is 0 Å². The lowest BCUT2D eigenvalue weighted by Gasteiger charge is -2.14. The highest BCUT2D eigenvalue weighted by atomic mass is 79.9. The molecule has 5 nitrogen and oxygen atoms in total. The van der Waals surface area contributed by atoms with E-state index in [-0.39, 0.29) is 6.42 Å². The fourth-order valence-electron chi connectivity index (χ4n) is 2.33. The SMILES string of the molecule is Cc1cc(CCC(=O)O)nn1Cc1cc(Br)ccc1OCC(C)C. The fraction of sp³-hybridized carbons (Fsp3) is 0.444. The van der Waals surface area contributed by atoms with Gasteiger partial charge in [0.1, 0.15) is 5.75 Å². The molecule has 0 amide bonds. The van der Waals surface area contributed by atoms with Crippen LogP contribution in [0.1, 0.15) is 37.2 Å². The number of halogens is 1. The van der Waals surface area contributed by atoms with Gasteiger partial charge in [-0.2, -0.15) is 5.10 Å². The van der Waals surface area contributed by atoms with Crippen LogP contribution in [0.4, 0.5) is 0 Å². The van der Waals surface area contributed by atoms with Gasteiger partial charge in [-0.15, -0.1) is 0 Å². The van der Waals surface area contributed by atoms with Crippen molar-refractivity contribution in [2.45, 2.75) is 40.2 Å². The quantitative estimate of drug-likeness (QED) is 0.733. The van der Waals surface area contributed by atoms with Gasteiger partial charge in [0, 0.05) is 22.2 Å². The van der Waals surface area contributed by atoms with Gasteiger partial charge in [-0.3, -0.25) is 9.48 Å². The van der Waals surface area contributed by atoms with Crippen LogP contribution < -0.4 is 4.74 Å². The second kappa shape index (κ2) is 8.33. The molecule has 1 heterocycles. The van der Waals surface area contributed by atoms with Crippen molar-refractivity contribution in [2.75, 3.05) is 6.61 Å². The molecule has 1 N–H and O–H groups in total. The Labute approximate surface area is 150 Å². The zero-order valence-corrected chi connectivity index (χ0v) is 15.8. The van der Waals surface area contributed by atoms with Gasteiger partial charge in [0.15, 0.2) is 0 Å². The van der Waals surface area contributed by atoms with Crippen molar-refractivity contribution in [3.8, 4) is 5.75 Å². The molecule has 0 fully saturated rings. The number of carboxylic acids is 1. The number of rotatable bonds is 8. The summed E-state index contributed by atoms with van der Waals surface area (Å²) >= 11 is 3.50. The molecule has 0 aliphatic rings. The van der Waals surface area contributed by atoms with Crippen LogP contribution in [0, 0.1) is 12.8 Å². The Morgan fingerprint density at radius 1 is 1.38 bits per heavy atom. The number of ether oxygens (including phenoxy) is 1. The van der Waals surface area contributed by atoms with Crippen molar-refractivity contribution in [2.24, 2.45) is 5.92 Å². The summed E-state index contributed by atoms with van der Waals surface area (Å²) in [6.45, 7) is 7.46. The molecule has 0 unspecified atom stereocenters. The lowest BCUT2D eigenvalue weighted by atomic mass is 10.2. The first-order chi connectivity index (χ1) is 11.3. The number of benzene rings is 1. The Bertz CT molecular complexity index is 710. The molecular weight excluding hydrogens is 372 g/mol. The largest absolute Gasteiger partial charge is 0.493 e. The lowest BCUT2D eigenvalue weighted by molar-refractivity contribution is -0.136. The van der Waals surface area contributed by atoms with E-state index in [2.05, 4.69) is 34.9 Å². The molecule has 2 rings (SSSR count). The first-order valence-electron chi connectivity index (χ1n) is 8.01. The van der Waals surface area contributed by atoms with Crippen molar-refractivity contribution < 1.29 is 14.6 Å². The third kappa shape index (κ3) is 5.37. The number of hydrogen-bond donors (Lipinski definition) is 1. The Hall–Kier alpha value is -1.82. The van der Waals surface area contributed by atoms with Gasteiger partial charge in [0.25, 0.3) is 0 Å². The summed E-state index contributed by atoms with van der Waals surface area (Å²) in [5.41, 5.74) is 2.85. The van der Waals surface area contributed by atoms with E-state index in [0.717, 1.165) is 27.2 Å². The summed E-state index contributed by atoms with van der Waals surface area (Å²) in [5.74, 6) is 0.503. The molecule has 0 aliphatic heterocycles. The molecule has 130 valence electrons. The molecule has 0 saturated heterocycles. The summed E-state index contributed by atoms with van der Waals surface area (Å²) in [5, 5.41) is 13.3. The van der Waals surface area contributed by atoms with Gasteiger partial charge >= 0.3 is 5.97 Å². The number of aryl methyl sites for hydroxylation is 2. The number of nitrogens with zero attached hydrogens (tertiary/aromatic N) is 2. The molecule has 0 bridgehead atoms. The number of aliphatic carboxylic acids is 1. The van der Waals surface area contributed by atoms with Crippen LogP contribution in [0.3, 0.4) is 0 Å². The number of hydrogen-bond acceptors (Lipinski definition) is 3. The highest BCUT2D eigenvalue weighted by molar-refractivity contribution is 9.10. The minimum atomic E-state index is -0.807. The minimum absolute atomic E-state index is 0.0933. The van der Waals surface area contributed by atoms with E-state index in [1.165, 1.54) is 0 Å². The van der Waals surface area contributed by atoms with Crippen LogP contribution in [0.5, 0.6) is 5.75 Å². The maximum absolute atomic E-state index is 10.7. The molecule has 0 aliphatic carbocycles. The summed E-state index contributed by atoms with van der Waals surface area (Å²) in [6.07, 6.45) is 0.536. The van der Waals surface area contributed by atoms with E-state index in [0.29, 0.717) is 25.5 Å². The number of carboxylic acid groups (broad SMARTS) is 1. The smallest absolute Gasteiger partial charge is 0.303 e. The maximum atomic E-state index is 10.7. The van der Waals surface area contributed by atoms with Crippen LogP contribution in [-0.4, -0.2) is 27.5 Å². The normalized spacial score (nSPS) is 11.0. The number of carbonyl (C=O) groups is 1. The molecule has 1 aromatic heterocycles. The molecule has 24 heavy (non-hydrogen) atoms. The molecule has 0 saturated carbocycles. The molecule has 6 heteroatoms. The van der Waals surface area contributed by atoms with E-state index < -0.39 is 5.97 Å². The number of aromatic nitrogens is 2. The van der Waals surface area contributed by atoms with Crippen LogP contribution in [0.2, 0.25) is 0 Å². The van der Waals surface area contributed by atoms with Crippen LogP contribution in [-0.2, 0) is 17.8 Å². The van der Waals surface area contributed by atoms with Gasteiger partial charge in [-0.05, 0) is 37.1 Å². The second-order valence-electron chi connectivity index (χ2n) is 6.29. The highest BCUT2D eigenvalue weighted by Crippen LogP contribution is 2.25. The highest BCUT2D eigenvalue weighted by Gasteiger charge is 2.11. The van der Waals surface area contributed by atoms with Crippen LogP contribution in [0.25, 0.3) is 0 Å². The Morgan fingerprint density at radius 2 is 2.12 bits per heavy atom. The topological polar surface area (TPSA) is 64.3 Å². The first-order valence-corrected chi connectivity index (χ1v) is 8.80. The van der Waals surface area contributed by atoms with Gasteiger partial charge in [0.05, 0.1) is 25.3 Å². The predicted octanol–water partition coefficient (Wildman–Crippen LogP) is 4.05. The fourth-order valence-corrected chi connectivity index (χ4v) is 2.73. The average molecular weight is 395 g/mol. The van der Waals surface area contributed by atoms with Crippen molar-refractivity contribution in [1.29, 1.82) is 0 Å². The van der Waals surface area contributed by atoms with Crippen molar-refractivity contribution in [3.63, 3.8) is 0 Å². The Balaban J connectivity index is 2.17. The zero-order chi connectivity index (χ0) is 17.7. The summed E-state index contributed by atoms with van der Waals surface area (Å²) in [4.78, 5) is 10.7. The van der Waals surface area contributed by atoms with Crippen molar-refractivity contribution in [3.05, 3.63) is 45.7 Å². The Kier molecular flexibility index (Phi) is 6.43. The minimum Gasteiger partial charge on any atom is -0.493 e. The summed E-state index contributed by atoms with van der Waals surface area (Å²) < 4.78 is 8.79. The van der Waals surface area contributed by atoms with Gasteiger partial charge in [-0.1, -0.05) is 29.8 Å². The lowest BCUT2D eigenvalue weighted by Crippen LogP contribution is -2.09. The van der Waals surface area contributed by atoms with Crippen molar-refractivity contribution in [1.82, 2.24) is 9.78 Å². The third-order valence-corrected chi connectivity index (χ3v) is 4.03. The average Bonchev–Trinajstić information content (AvgIpc) is 2.84. The van der Waals surface area contributed by atoms with Gasteiger partial charge in [-0.25, -0.2) is 0 Å². The van der Waals surface area contributed by atoms with E-state index >= 15 is 0 Å². The standard InChI is InChI=1S/C18H23BrN2O3/c1-12(2)11-24-17-6-4-15(19)9-14(17)10-21-13(3)8-16(20-21)5-7-18(22)23/h4,6,8-9,12H,5,7,10-11H2,1-3H3,(H,22,23). The molecule has 0 radical (unpaired) electrons. The second-order valence-corrected chi connectivity index (χ2v) is 7.20. The van der Waals surface area contributed by atoms with E-state index in [9.17, 15) is 4.79 Å². The van der Waals surface area contributed by atoms with E-state index in [1.807, 2.05) is 35.9 Å². The predicted molar refractivity (Wildman–Crippen MR) is 96.5 cm³/mol. The molecule has 0 atom stereocenters. The van der Waals surface area contributed by atoms with Crippen LogP contribution >= 0.6 is 15.9 Å². The van der Waals surface area contributed by atoms with E-state index in [4.69, 9.17) is 9.84 Å². The van der Waals surface area contributed by atoms with Gasteiger partial charge < -0.3 is 9.84 Å². The van der Waals surface area contributed by atoms with Crippen LogP contribution in [0.15, 0.2) is 28.7 Å². The zero-order valence-electron chi connectivity index (χ0n) is 14.3. The van der Waals surface area contributed by atoms with Gasteiger partial charge in [0.2, 0.25) is 0 Å². The summed E-state index contributed by atoms with van der Waals surface area (Å²) in [7, 11) is 0. The maximum Gasteiger partial charge on any atom is 0.303 e. The first kappa shape index (κ1) is 18.5. The van der Waals surface area contributed by atoms with Crippen molar-refractivity contribution >= 4 is 21.9 Å². The molecule has 2 aromatic rings. The molecular formula is C18H23BrN2O3.